The molecule has 0 saturated carbocycles. The van der Waals surface area contributed by atoms with Crippen molar-refractivity contribution in [2.24, 2.45) is 5.92 Å². The van der Waals surface area contributed by atoms with E-state index in [0.717, 1.165) is 19.5 Å². The number of piperidine rings is 1. The van der Waals surface area contributed by atoms with Gasteiger partial charge in [0.05, 0.1) is 13.2 Å². The fourth-order valence-electron chi connectivity index (χ4n) is 3.32. The lowest BCUT2D eigenvalue weighted by Crippen LogP contribution is -2.38. The average Bonchev–Trinajstić information content (AvgIpc) is 2.79. The summed E-state index contributed by atoms with van der Waals surface area (Å²) >= 11 is 0. The van der Waals surface area contributed by atoms with Crippen LogP contribution in [0.1, 0.15) is 24.8 Å². The molecule has 2 heterocycles. The fraction of sp³-hybridized carbons (Fsp3) is 0.348. The lowest BCUT2D eigenvalue weighted by molar-refractivity contribution is -0.134. The summed E-state index contributed by atoms with van der Waals surface area (Å²) in [6.07, 6.45) is 3.83. The summed E-state index contributed by atoms with van der Waals surface area (Å²) in [5, 5.41) is 19.0. The predicted octanol–water partition coefficient (Wildman–Crippen LogP) is 3.10. The highest BCUT2D eigenvalue weighted by atomic mass is 19.1. The largest absolute Gasteiger partial charge is 0.488 e. The summed E-state index contributed by atoms with van der Waals surface area (Å²) in [6.45, 7) is 4.90. The van der Waals surface area contributed by atoms with Gasteiger partial charge in [0.25, 0.3) is 5.88 Å². The molecule has 0 unspecified atom stereocenters. The molecule has 2 atom stereocenters. The number of nitrogens with zero attached hydrogens (tertiary/aromatic N) is 1. The van der Waals surface area contributed by atoms with Crippen LogP contribution in [0.5, 0.6) is 11.6 Å². The van der Waals surface area contributed by atoms with E-state index in [1.807, 2.05) is 31.2 Å². The van der Waals surface area contributed by atoms with Gasteiger partial charge >= 0.3 is 11.9 Å². The van der Waals surface area contributed by atoms with Gasteiger partial charge in [0.2, 0.25) is 0 Å². The van der Waals surface area contributed by atoms with Gasteiger partial charge in [-0.2, -0.15) is 0 Å². The lowest BCUT2D eigenvalue weighted by Gasteiger charge is -2.32. The Kier molecular flexibility index (Phi) is 10.1. The number of carboxylic acid groups (broad SMARTS) is 2. The van der Waals surface area contributed by atoms with Gasteiger partial charge in [-0.25, -0.2) is 19.0 Å². The number of aliphatic carboxylic acids is 2. The summed E-state index contributed by atoms with van der Waals surface area (Å²) < 4.78 is 24.7. The number of pyridine rings is 1. The van der Waals surface area contributed by atoms with Crippen LogP contribution in [0, 0.1) is 11.7 Å². The van der Waals surface area contributed by atoms with Crippen LogP contribution in [0.4, 0.5) is 4.39 Å². The molecule has 8 nitrogen and oxygen atoms in total. The Balaban J connectivity index is 0.000000390. The Labute approximate surface area is 185 Å². The van der Waals surface area contributed by atoms with Crippen molar-refractivity contribution in [1.29, 1.82) is 0 Å². The third-order valence-corrected chi connectivity index (χ3v) is 4.74. The normalized spacial score (nSPS) is 17.8. The van der Waals surface area contributed by atoms with E-state index in [1.54, 1.807) is 6.20 Å². The standard InChI is InChI=1S/C19H23FN2O2.C4H4O4/c1-2-23-19-18(4-3-10-22-19)24-13-15-12-21-11-9-17(15)14-5-7-16(20)8-6-14;5-3(6)1-2-4(7)8/h3-8,10,15,17,21H,2,9,11-13H2,1H3;1-2H,(H,5,6)(H,7,8)/b;2-1+/t15-,17+;/m0./s1. The van der Waals surface area contributed by atoms with Gasteiger partial charge in [-0.05, 0) is 55.6 Å². The number of benzene rings is 1. The molecule has 2 aromatic rings. The maximum Gasteiger partial charge on any atom is 0.328 e. The number of aromatic nitrogens is 1. The number of nitrogens with one attached hydrogen (secondary N) is 1. The Bertz CT molecular complexity index is 888. The molecule has 0 bridgehead atoms. The summed E-state index contributed by atoms with van der Waals surface area (Å²) in [6, 6.07) is 10.5. The highest BCUT2D eigenvalue weighted by molar-refractivity contribution is 5.89. The molecule has 1 saturated heterocycles. The summed E-state index contributed by atoms with van der Waals surface area (Å²) in [5.74, 6) is -0.833. The zero-order valence-electron chi connectivity index (χ0n) is 17.7. The Morgan fingerprint density at radius 1 is 1.16 bits per heavy atom. The van der Waals surface area contributed by atoms with Crippen LogP contribution in [-0.4, -0.2) is 53.4 Å². The van der Waals surface area contributed by atoms with E-state index in [2.05, 4.69) is 10.3 Å². The topological polar surface area (TPSA) is 118 Å². The molecule has 1 fully saturated rings. The first kappa shape index (κ1) is 24.8. The van der Waals surface area contributed by atoms with E-state index < -0.39 is 11.9 Å². The monoisotopic (exact) mass is 446 g/mol. The first-order chi connectivity index (χ1) is 15.4. The third kappa shape index (κ3) is 8.35. The van der Waals surface area contributed by atoms with Gasteiger partial charge in [-0.15, -0.1) is 0 Å². The van der Waals surface area contributed by atoms with Crippen molar-refractivity contribution in [3.8, 4) is 11.6 Å². The Hall–Kier alpha value is -3.46. The second-order valence-electron chi connectivity index (χ2n) is 6.97. The first-order valence-corrected chi connectivity index (χ1v) is 10.2. The second kappa shape index (κ2) is 13.1. The van der Waals surface area contributed by atoms with Gasteiger partial charge in [0.15, 0.2) is 5.75 Å². The van der Waals surface area contributed by atoms with E-state index in [4.69, 9.17) is 19.7 Å². The minimum Gasteiger partial charge on any atom is -0.488 e. The lowest BCUT2D eigenvalue weighted by atomic mass is 9.81. The molecular formula is C23H27FN2O6. The zero-order chi connectivity index (χ0) is 23.3. The number of rotatable bonds is 8. The Morgan fingerprint density at radius 3 is 2.47 bits per heavy atom. The van der Waals surface area contributed by atoms with E-state index in [0.29, 0.717) is 48.8 Å². The molecule has 3 rings (SSSR count). The van der Waals surface area contributed by atoms with Gasteiger partial charge < -0.3 is 25.0 Å². The molecule has 1 aliphatic heterocycles. The van der Waals surface area contributed by atoms with Crippen molar-refractivity contribution in [3.63, 3.8) is 0 Å². The molecule has 1 aromatic carbocycles. The van der Waals surface area contributed by atoms with Gasteiger partial charge in [-0.1, -0.05) is 12.1 Å². The molecule has 0 amide bonds. The van der Waals surface area contributed by atoms with Crippen molar-refractivity contribution in [3.05, 3.63) is 66.1 Å². The molecule has 0 aliphatic carbocycles. The number of carboxylic acids is 2. The van der Waals surface area contributed by atoms with E-state index in [1.165, 1.54) is 17.7 Å². The zero-order valence-corrected chi connectivity index (χ0v) is 17.7. The molecule has 3 N–H and O–H groups in total. The molecule has 1 aromatic heterocycles. The third-order valence-electron chi connectivity index (χ3n) is 4.74. The van der Waals surface area contributed by atoms with Crippen LogP contribution in [-0.2, 0) is 9.59 Å². The number of halogens is 1. The highest BCUT2D eigenvalue weighted by Gasteiger charge is 2.27. The minimum atomic E-state index is -1.26. The van der Waals surface area contributed by atoms with Gasteiger partial charge in [0, 0.05) is 30.8 Å². The average molecular weight is 446 g/mol. The van der Waals surface area contributed by atoms with Crippen molar-refractivity contribution in [2.45, 2.75) is 19.3 Å². The minimum absolute atomic E-state index is 0.197. The van der Waals surface area contributed by atoms with Gasteiger partial charge in [-0.3, -0.25) is 0 Å². The molecular weight excluding hydrogens is 419 g/mol. The van der Waals surface area contributed by atoms with Crippen LogP contribution < -0.4 is 14.8 Å². The Morgan fingerprint density at radius 2 is 1.84 bits per heavy atom. The molecule has 9 heteroatoms. The molecule has 32 heavy (non-hydrogen) atoms. The fourth-order valence-corrected chi connectivity index (χ4v) is 3.32. The highest BCUT2D eigenvalue weighted by Crippen LogP contribution is 2.32. The first-order valence-electron chi connectivity index (χ1n) is 10.2. The molecule has 0 radical (unpaired) electrons. The van der Waals surface area contributed by atoms with Crippen LogP contribution in [0.15, 0.2) is 54.7 Å². The molecule has 1 aliphatic rings. The van der Waals surface area contributed by atoms with Crippen LogP contribution in [0.3, 0.4) is 0 Å². The second-order valence-corrected chi connectivity index (χ2v) is 6.97. The van der Waals surface area contributed by atoms with E-state index in [9.17, 15) is 14.0 Å². The predicted molar refractivity (Wildman–Crippen MR) is 115 cm³/mol. The van der Waals surface area contributed by atoms with E-state index in [-0.39, 0.29) is 5.82 Å². The van der Waals surface area contributed by atoms with Crippen molar-refractivity contribution >= 4 is 11.9 Å². The summed E-state index contributed by atoms with van der Waals surface area (Å²) in [7, 11) is 0. The SMILES string of the molecule is CCOc1ncccc1OC[C@@H]1CNCC[C@@H]1c1ccc(F)cc1.O=C(O)/C=C/C(=O)O. The molecule has 0 spiro atoms. The maximum atomic E-state index is 13.2. The van der Waals surface area contributed by atoms with Crippen molar-refractivity contribution in [2.75, 3.05) is 26.3 Å². The number of ether oxygens (including phenoxy) is 2. The van der Waals surface area contributed by atoms with Crippen LogP contribution in [0.25, 0.3) is 0 Å². The number of carbonyl (C=O) groups is 2. The number of hydrogen-bond acceptors (Lipinski definition) is 6. The number of hydrogen-bond donors (Lipinski definition) is 3. The summed E-state index contributed by atoms with van der Waals surface area (Å²) in [4.78, 5) is 23.3. The van der Waals surface area contributed by atoms with Crippen LogP contribution >= 0.6 is 0 Å². The van der Waals surface area contributed by atoms with E-state index >= 15 is 0 Å². The van der Waals surface area contributed by atoms with Crippen molar-refractivity contribution in [1.82, 2.24) is 10.3 Å². The molecule has 172 valence electrons. The quantitative estimate of drug-likeness (QED) is 0.530. The smallest absolute Gasteiger partial charge is 0.328 e. The van der Waals surface area contributed by atoms with Crippen LogP contribution in [0.2, 0.25) is 0 Å². The van der Waals surface area contributed by atoms with Crippen molar-refractivity contribution < 1.29 is 33.7 Å². The maximum absolute atomic E-state index is 13.2. The van der Waals surface area contributed by atoms with Gasteiger partial charge in [0.1, 0.15) is 5.82 Å². The summed E-state index contributed by atoms with van der Waals surface area (Å²) in [5.41, 5.74) is 1.17.